The number of ether oxygens (including phenoxy) is 1. The molecule has 0 bridgehead atoms. The zero-order valence-corrected chi connectivity index (χ0v) is 17.2. The minimum atomic E-state index is -0.990. The highest BCUT2D eigenvalue weighted by molar-refractivity contribution is 6.01. The number of benzene rings is 2. The third kappa shape index (κ3) is 4.97. The highest BCUT2D eigenvalue weighted by atomic mass is 16.6. The summed E-state index contributed by atoms with van der Waals surface area (Å²) in [5, 5.41) is 12.0. The summed E-state index contributed by atoms with van der Waals surface area (Å²) < 4.78 is 5.37. The fraction of sp³-hybridized carbons (Fsp3) is 0.273. The van der Waals surface area contributed by atoms with Gasteiger partial charge in [0.2, 0.25) is 11.7 Å². The van der Waals surface area contributed by atoms with Crippen molar-refractivity contribution in [3.05, 3.63) is 75.8 Å². The lowest BCUT2D eigenvalue weighted by atomic mass is 10.0. The summed E-state index contributed by atoms with van der Waals surface area (Å²) in [7, 11) is 0. The molecule has 0 saturated carbocycles. The van der Waals surface area contributed by atoms with Crippen LogP contribution in [0.1, 0.15) is 40.5 Å². The van der Waals surface area contributed by atoms with Crippen molar-refractivity contribution in [2.24, 2.45) is 5.92 Å². The summed E-state index contributed by atoms with van der Waals surface area (Å²) in [5.41, 5.74) is 2.10. The maximum atomic E-state index is 12.6. The summed E-state index contributed by atoms with van der Waals surface area (Å²) in [6.45, 7) is 1.54. The van der Waals surface area contributed by atoms with Crippen LogP contribution < -0.4 is 5.43 Å². The lowest BCUT2D eigenvalue weighted by Crippen LogP contribution is -2.43. The summed E-state index contributed by atoms with van der Waals surface area (Å²) in [5.74, 6) is -3.33. The van der Waals surface area contributed by atoms with E-state index in [9.17, 15) is 29.3 Å². The number of Topliss-reactive ketones (excluding diaryl/α,β-unsaturated/α-hetero) is 1. The van der Waals surface area contributed by atoms with Gasteiger partial charge in [-0.2, -0.15) is 0 Å². The molecular weight excluding hydrogens is 418 g/mol. The van der Waals surface area contributed by atoms with E-state index in [4.69, 9.17) is 4.74 Å². The van der Waals surface area contributed by atoms with Crippen LogP contribution in [0.2, 0.25) is 0 Å². The number of carbonyl (C=O) groups excluding carboxylic acids is 4. The first kappa shape index (κ1) is 22.6. The molecule has 1 saturated heterocycles. The average Bonchev–Trinajstić information content (AvgIpc) is 3.17. The first-order chi connectivity index (χ1) is 15.3. The Morgan fingerprint density at radius 2 is 1.81 bits per heavy atom. The van der Waals surface area contributed by atoms with E-state index >= 15 is 0 Å². The number of hydrogen-bond acceptors (Lipinski definition) is 7. The Kier molecular flexibility index (Phi) is 6.93. The second kappa shape index (κ2) is 9.82. The van der Waals surface area contributed by atoms with Crippen LogP contribution in [0.4, 0.5) is 5.69 Å². The number of nitrogens with zero attached hydrogens (tertiary/aromatic N) is 2. The third-order valence-corrected chi connectivity index (χ3v) is 5.02. The number of rotatable bonds is 8. The van der Waals surface area contributed by atoms with Crippen LogP contribution in [-0.2, 0) is 14.3 Å². The van der Waals surface area contributed by atoms with E-state index < -0.39 is 40.4 Å². The number of esters is 1. The van der Waals surface area contributed by atoms with Gasteiger partial charge in [-0.25, -0.2) is 0 Å². The van der Waals surface area contributed by atoms with Crippen molar-refractivity contribution in [2.75, 3.05) is 6.54 Å². The fourth-order valence-electron chi connectivity index (χ4n) is 3.33. The third-order valence-electron chi connectivity index (χ3n) is 5.02. The van der Waals surface area contributed by atoms with Crippen LogP contribution >= 0.6 is 0 Å². The van der Waals surface area contributed by atoms with Gasteiger partial charge in [-0.15, -0.1) is 0 Å². The fourth-order valence-corrected chi connectivity index (χ4v) is 3.33. The smallest absolute Gasteiger partial charge is 0.312 e. The molecule has 0 radical (unpaired) electrons. The van der Waals surface area contributed by atoms with Crippen LogP contribution in [-0.4, -0.2) is 46.1 Å². The van der Waals surface area contributed by atoms with Gasteiger partial charge in [0.1, 0.15) is 5.56 Å². The zero-order valence-electron chi connectivity index (χ0n) is 17.2. The monoisotopic (exact) mass is 439 g/mol. The highest BCUT2D eigenvalue weighted by Gasteiger charge is 2.38. The van der Waals surface area contributed by atoms with Crippen LogP contribution in [0.25, 0.3) is 0 Å². The lowest BCUT2D eigenvalue weighted by molar-refractivity contribution is -0.385. The maximum absolute atomic E-state index is 12.6. The average molecular weight is 439 g/mol. The van der Waals surface area contributed by atoms with Gasteiger partial charge in [-0.05, 0) is 12.5 Å². The van der Waals surface area contributed by atoms with Crippen molar-refractivity contribution in [3.63, 3.8) is 0 Å². The van der Waals surface area contributed by atoms with Crippen LogP contribution in [0.5, 0.6) is 0 Å². The molecule has 3 rings (SSSR count). The number of nitro groups is 1. The molecular formula is C22H21N3O7. The van der Waals surface area contributed by atoms with Gasteiger partial charge in [0.15, 0.2) is 6.10 Å². The molecule has 2 atom stereocenters. The molecule has 2 aromatic rings. The van der Waals surface area contributed by atoms with Crippen molar-refractivity contribution in [2.45, 2.75) is 25.9 Å². The van der Waals surface area contributed by atoms with E-state index in [1.165, 1.54) is 24.3 Å². The predicted molar refractivity (Wildman–Crippen MR) is 111 cm³/mol. The second-order valence-electron chi connectivity index (χ2n) is 7.18. The molecule has 10 nitrogen and oxygen atoms in total. The SMILES string of the molecule is CC[C@@H](OC(=O)[C@@H]1CC(=O)N(NC(=O)c2ccccc2[N+](=O)[O-])C1)C(=O)c1ccccc1. The summed E-state index contributed by atoms with van der Waals surface area (Å²) in [4.78, 5) is 60.3. The van der Waals surface area contributed by atoms with Gasteiger partial charge in [0.25, 0.3) is 11.6 Å². The van der Waals surface area contributed by atoms with E-state index in [0.717, 1.165) is 5.01 Å². The quantitative estimate of drug-likeness (QED) is 0.288. The zero-order chi connectivity index (χ0) is 23.3. The molecule has 2 aromatic carbocycles. The van der Waals surface area contributed by atoms with E-state index in [1.54, 1.807) is 37.3 Å². The van der Waals surface area contributed by atoms with Crippen molar-refractivity contribution >= 4 is 29.3 Å². The van der Waals surface area contributed by atoms with Gasteiger partial charge in [-0.3, -0.25) is 39.7 Å². The maximum Gasteiger partial charge on any atom is 0.312 e. The van der Waals surface area contributed by atoms with Gasteiger partial charge in [-0.1, -0.05) is 49.4 Å². The molecule has 1 N–H and O–H groups in total. The van der Waals surface area contributed by atoms with Crippen molar-refractivity contribution < 1.29 is 28.8 Å². The van der Waals surface area contributed by atoms with E-state index in [0.29, 0.717) is 5.56 Å². The molecule has 0 unspecified atom stereocenters. The number of amides is 2. The standard InChI is InChI=1S/C22H21N3O7/c1-2-18(20(27)14-8-4-3-5-9-14)32-22(29)15-12-19(26)24(13-15)23-21(28)16-10-6-7-11-17(16)25(30)31/h3-11,15,18H,2,12-13H2,1H3,(H,23,28)/t15-,18-/m1/s1. The van der Waals surface area contributed by atoms with E-state index in [-0.39, 0.29) is 30.7 Å². The Balaban J connectivity index is 1.63. The van der Waals surface area contributed by atoms with Gasteiger partial charge in [0, 0.05) is 18.1 Å². The molecule has 1 aliphatic heterocycles. The van der Waals surface area contributed by atoms with E-state index in [2.05, 4.69) is 5.43 Å². The molecule has 166 valence electrons. The summed E-state index contributed by atoms with van der Waals surface area (Å²) in [6, 6.07) is 13.7. The minimum absolute atomic E-state index is 0.167. The summed E-state index contributed by atoms with van der Waals surface area (Å²) >= 11 is 0. The Morgan fingerprint density at radius 1 is 1.16 bits per heavy atom. The minimum Gasteiger partial charge on any atom is -0.454 e. The highest BCUT2D eigenvalue weighted by Crippen LogP contribution is 2.22. The Labute approximate surface area is 183 Å². The molecule has 1 fully saturated rings. The Morgan fingerprint density at radius 3 is 2.47 bits per heavy atom. The molecule has 10 heteroatoms. The van der Waals surface area contributed by atoms with E-state index in [1.807, 2.05) is 0 Å². The van der Waals surface area contributed by atoms with Crippen molar-refractivity contribution in [1.29, 1.82) is 0 Å². The predicted octanol–water partition coefficient (Wildman–Crippen LogP) is 2.29. The second-order valence-corrected chi connectivity index (χ2v) is 7.18. The van der Waals surface area contributed by atoms with Crippen molar-refractivity contribution in [1.82, 2.24) is 10.4 Å². The van der Waals surface area contributed by atoms with Gasteiger partial charge < -0.3 is 4.74 Å². The number of ketones is 1. The number of para-hydroxylation sites is 1. The molecule has 32 heavy (non-hydrogen) atoms. The summed E-state index contributed by atoms with van der Waals surface area (Å²) in [6.07, 6.45) is -0.944. The van der Waals surface area contributed by atoms with Crippen LogP contribution in [0.15, 0.2) is 54.6 Å². The number of nitrogens with one attached hydrogen (secondary N) is 1. The molecule has 1 aliphatic rings. The molecule has 1 heterocycles. The Hall–Kier alpha value is -4.08. The van der Waals surface area contributed by atoms with Crippen LogP contribution in [0, 0.1) is 16.0 Å². The van der Waals surface area contributed by atoms with Gasteiger partial charge >= 0.3 is 5.97 Å². The molecule has 2 amide bonds. The molecule has 0 aliphatic carbocycles. The largest absolute Gasteiger partial charge is 0.454 e. The molecule has 0 spiro atoms. The normalized spacial score (nSPS) is 16.3. The lowest BCUT2D eigenvalue weighted by Gasteiger charge is -2.19. The first-order valence-electron chi connectivity index (χ1n) is 9.96. The van der Waals surface area contributed by atoms with Gasteiger partial charge in [0.05, 0.1) is 17.4 Å². The van der Waals surface area contributed by atoms with Crippen LogP contribution in [0.3, 0.4) is 0 Å². The topological polar surface area (TPSA) is 136 Å². The number of hydrogen-bond donors (Lipinski definition) is 1. The Bertz CT molecular complexity index is 1050. The number of nitro benzene ring substituents is 1. The first-order valence-corrected chi connectivity index (χ1v) is 9.96. The molecule has 0 aromatic heterocycles. The number of hydrazine groups is 1. The number of carbonyl (C=O) groups is 4. The van der Waals surface area contributed by atoms with Crippen molar-refractivity contribution in [3.8, 4) is 0 Å².